The SMILES string of the molecule is C=C/C(=C\C=C(\C#C[B]C(C)(C)c1ccccc1)C=C)C(C)C. The van der Waals surface area contributed by atoms with E-state index in [2.05, 4.69) is 82.9 Å². The van der Waals surface area contributed by atoms with Crippen molar-refractivity contribution in [1.29, 1.82) is 0 Å². The standard InChI is InChI=1S/C22H26B/c1-7-19(14-15-20(8-2)18(3)4)16-17-23-22(5,6)21-12-10-9-11-13-21/h7-15,18H,1-2H2,3-6H3/b19-14+,20-15+. The monoisotopic (exact) mass is 301 g/mol. The molecule has 0 spiro atoms. The molecule has 1 aromatic rings. The fourth-order valence-corrected chi connectivity index (χ4v) is 2.09. The van der Waals surface area contributed by atoms with E-state index in [4.69, 9.17) is 0 Å². The van der Waals surface area contributed by atoms with Crippen molar-refractivity contribution in [3.8, 4) is 11.7 Å². The van der Waals surface area contributed by atoms with Crippen LogP contribution < -0.4 is 0 Å². The van der Waals surface area contributed by atoms with Gasteiger partial charge in [-0.3, -0.25) is 0 Å². The van der Waals surface area contributed by atoms with Crippen LogP contribution in [0, 0.1) is 17.7 Å². The van der Waals surface area contributed by atoms with E-state index in [-0.39, 0.29) is 5.31 Å². The predicted molar refractivity (Wildman–Crippen MR) is 104 cm³/mol. The molecule has 0 amide bonds. The second-order valence-corrected chi connectivity index (χ2v) is 6.35. The molecule has 0 saturated heterocycles. The Morgan fingerprint density at radius 1 is 1.09 bits per heavy atom. The molecule has 1 aromatic carbocycles. The van der Waals surface area contributed by atoms with Gasteiger partial charge in [0.15, 0.2) is 0 Å². The summed E-state index contributed by atoms with van der Waals surface area (Å²) in [6, 6.07) is 10.4. The van der Waals surface area contributed by atoms with Gasteiger partial charge in [-0.15, -0.1) is 0 Å². The van der Waals surface area contributed by atoms with E-state index in [0.29, 0.717) is 5.92 Å². The molecule has 0 nitrogen and oxygen atoms in total. The van der Waals surface area contributed by atoms with Crippen LogP contribution in [0.1, 0.15) is 33.3 Å². The summed E-state index contributed by atoms with van der Waals surface area (Å²) in [5.41, 5.74) is 3.36. The average Bonchev–Trinajstić information content (AvgIpc) is 2.54. The van der Waals surface area contributed by atoms with Crippen molar-refractivity contribution in [2.24, 2.45) is 5.92 Å². The molecular weight excluding hydrogens is 275 g/mol. The summed E-state index contributed by atoms with van der Waals surface area (Å²) in [5, 5.41) is -0.0827. The second-order valence-electron chi connectivity index (χ2n) is 6.35. The van der Waals surface area contributed by atoms with Crippen molar-refractivity contribution in [2.75, 3.05) is 0 Å². The Morgan fingerprint density at radius 3 is 2.26 bits per heavy atom. The Labute approximate surface area is 142 Å². The van der Waals surface area contributed by atoms with Crippen LogP contribution in [0.5, 0.6) is 0 Å². The number of allylic oxidation sites excluding steroid dienone is 6. The summed E-state index contributed by atoms with van der Waals surface area (Å²) in [5.74, 6) is 6.80. The maximum atomic E-state index is 3.85. The number of hydrogen-bond donors (Lipinski definition) is 0. The molecule has 0 unspecified atom stereocenters. The lowest BCUT2D eigenvalue weighted by atomic mass is 9.52. The van der Waals surface area contributed by atoms with E-state index in [1.165, 1.54) is 11.1 Å². The molecule has 0 aliphatic heterocycles. The molecule has 117 valence electrons. The molecule has 0 aliphatic rings. The highest BCUT2D eigenvalue weighted by Gasteiger charge is 2.20. The molecule has 0 bridgehead atoms. The quantitative estimate of drug-likeness (QED) is 0.371. The van der Waals surface area contributed by atoms with Crippen LogP contribution >= 0.6 is 0 Å². The first-order valence-corrected chi connectivity index (χ1v) is 7.99. The maximum Gasteiger partial charge on any atom is 0.227 e. The van der Waals surface area contributed by atoms with Crippen LogP contribution in [-0.4, -0.2) is 7.28 Å². The third kappa shape index (κ3) is 6.21. The topological polar surface area (TPSA) is 0 Å². The molecule has 1 heteroatoms. The van der Waals surface area contributed by atoms with Gasteiger partial charge in [0.05, 0.1) is 0 Å². The van der Waals surface area contributed by atoms with E-state index in [1.54, 1.807) is 6.08 Å². The molecule has 0 fully saturated rings. The first-order valence-electron chi connectivity index (χ1n) is 7.99. The molecule has 23 heavy (non-hydrogen) atoms. The zero-order valence-electron chi connectivity index (χ0n) is 14.8. The lowest BCUT2D eigenvalue weighted by Gasteiger charge is -2.21. The zero-order chi connectivity index (χ0) is 17.3. The first kappa shape index (κ1) is 18.9. The Hall–Kier alpha value is -2.20. The molecule has 1 rings (SSSR count). The summed E-state index contributed by atoms with van der Waals surface area (Å²) in [4.78, 5) is 0. The van der Waals surface area contributed by atoms with Gasteiger partial charge < -0.3 is 0 Å². The van der Waals surface area contributed by atoms with Gasteiger partial charge in [-0.2, -0.15) is 5.82 Å². The average molecular weight is 301 g/mol. The van der Waals surface area contributed by atoms with Gasteiger partial charge in [0.2, 0.25) is 7.28 Å². The first-order chi connectivity index (χ1) is 10.9. The van der Waals surface area contributed by atoms with Gasteiger partial charge in [0.1, 0.15) is 0 Å². The third-order valence-electron chi connectivity index (χ3n) is 3.74. The van der Waals surface area contributed by atoms with Crippen molar-refractivity contribution in [2.45, 2.75) is 33.0 Å². The minimum Gasteiger partial charge on any atom is -0.157 e. The van der Waals surface area contributed by atoms with E-state index >= 15 is 0 Å². The molecule has 0 aromatic heterocycles. The highest BCUT2D eigenvalue weighted by atomic mass is 14.1. The van der Waals surface area contributed by atoms with E-state index in [9.17, 15) is 0 Å². The smallest absolute Gasteiger partial charge is 0.157 e. The summed E-state index contributed by atoms with van der Waals surface area (Å²) >= 11 is 0. The van der Waals surface area contributed by atoms with E-state index in [0.717, 1.165) is 5.57 Å². The van der Waals surface area contributed by atoms with Gasteiger partial charge in [-0.25, -0.2) is 0 Å². The third-order valence-corrected chi connectivity index (χ3v) is 3.74. The van der Waals surface area contributed by atoms with E-state index < -0.39 is 0 Å². The van der Waals surface area contributed by atoms with Crippen LogP contribution in [-0.2, 0) is 5.31 Å². The zero-order valence-corrected chi connectivity index (χ0v) is 14.8. The fraction of sp³-hybridized carbons (Fsp3) is 0.273. The van der Waals surface area contributed by atoms with Gasteiger partial charge in [-0.1, -0.05) is 95.3 Å². The Morgan fingerprint density at radius 2 is 1.74 bits per heavy atom. The Balaban J connectivity index is 2.87. The molecule has 0 aliphatic carbocycles. The second kappa shape index (κ2) is 9.06. The van der Waals surface area contributed by atoms with Crippen LogP contribution in [0.25, 0.3) is 0 Å². The number of rotatable bonds is 6. The van der Waals surface area contributed by atoms with Crippen LogP contribution in [0.15, 0.2) is 78.9 Å². The Kier molecular flexibility index (Phi) is 7.43. The lowest BCUT2D eigenvalue weighted by molar-refractivity contribution is 0.757. The highest BCUT2D eigenvalue weighted by molar-refractivity contribution is 6.49. The van der Waals surface area contributed by atoms with Gasteiger partial charge in [-0.05, 0) is 28.4 Å². The van der Waals surface area contributed by atoms with Gasteiger partial charge in [0, 0.05) is 5.57 Å². The van der Waals surface area contributed by atoms with Crippen LogP contribution in [0.3, 0.4) is 0 Å². The molecule has 0 N–H and O–H groups in total. The minimum absolute atomic E-state index is 0.0827. The van der Waals surface area contributed by atoms with Crippen molar-refractivity contribution in [3.05, 3.63) is 84.5 Å². The maximum absolute atomic E-state index is 3.85. The molecule has 0 heterocycles. The number of benzene rings is 1. The fourth-order valence-electron chi connectivity index (χ4n) is 2.09. The van der Waals surface area contributed by atoms with Crippen LogP contribution in [0.4, 0.5) is 0 Å². The predicted octanol–water partition coefficient (Wildman–Crippen LogP) is 5.47. The lowest BCUT2D eigenvalue weighted by Crippen LogP contribution is -2.24. The summed E-state index contributed by atoms with van der Waals surface area (Å²) in [6.07, 6.45) is 7.74. The van der Waals surface area contributed by atoms with Crippen molar-refractivity contribution >= 4 is 7.28 Å². The van der Waals surface area contributed by atoms with Crippen molar-refractivity contribution < 1.29 is 0 Å². The molecule has 0 saturated carbocycles. The summed E-state index contributed by atoms with van der Waals surface area (Å²) < 4.78 is 0. The molecule has 0 atom stereocenters. The van der Waals surface area contributed by atoms with Crippen molar-refractivity contribution in [1.82, 2.24) is 0 Å². The Bertz CT molecular complexity index is 646. The minimum atomic E-state index is -0.0827. The number of hydrogen-bond acceptors (Lipinski definition) is 0. The van der Waals surface area contributed by atoms with Gasteiger partial charge in [0.25, 0.3) is 0 Å². The summed E-state index contributed by atoms with van der Waals surface area (Å²) in [6.45, 7) is 16.3. The largest absolute Gasteiger partial charge is 0.227 e. The molecule has 1 radical (unpaired) electrons. The normalized spacial score (nSPS) is 12.4. The van der Waals surface area contributed by atoms with Crippen molar-refractivity contribution in [3.63, 3.8) is 0 Å². The summed E-state index contributed by atoms with van der Waals surface area (Å²) in [7, 11) is 2.04. The van der Waals surface area contributed by atoms with E-state index in [1.807, 2.05) is 25.5 Å². The van der Waals surface area contributed by atoms with Crippen LogP contribution in [0.2, 0.25) is 0 Å². The highest BCUT2D eigenvalue weighted by Crippen LogP contribution is 2.20. The molecular formula is C22H26B. The van der Waals surface area contributed by atoms with Gasteiger partial charge >= 0.3 is 0 Å².